The Morgan fingerprint density at radius 1 is 1.55 bits per heavy atom. The molecule has 0 spiro atoms. The standard InChI is InChI=1S/C8H9BrFN/c1-8(2,10)7-5-6(9)3-4-11-7/h3-5H,1-2H3. The van der Waals surface area contributed by atoms with Crippen molar-refractivity contribution >= 4 is 15.9 Å². The minimum atomic E-state index is -1.36. The molecule has 0 N–H and O–H groups in total. The molecule has 1 rings (SSSR count). The third-order valence-corrected chi connectivity index (χ3v) is 1.82. The molecule has 0 atom stereocenters. The summed E-state index contributed by atoms with van der Waals surface area (Å²) in [5, 5.41) is 0. The predicted molar refractivity (Wildman–Crippen MR) is 46.1 cm³/mol. The largest absolute Gasteiger partial charge is 0.258 e. The summed E-state index contributed by atoms with van der Waals surface area (Å²) in [4.78, 5) is 3.91. The second-order valence-corrected chi connectivity index (χ2v) is 3.75. The molecule has 0 aromatic carbocycles. The van der Waals surface area contributed by atoms with Crippen LogP contribution in [0.15, 0.2) is 22.8 Å². The van der Waals surface area contributed by atoms with E-state index in [9.17, 15) is 4.39 Å². The molecule has 1 aromatic rings. The van der Waals surface area contributed by atoms with E-state index in [1.807, 2.05) is 0 Å². The molecule has 0 aliphatic carbocycles. The van der Waals surface area contributed by atoms with Crippen LogP contribution in [-0.2, 0) is 5.67 Å². The van der Waals surface area contributed by atoms with E-state index >= 15 is 0 Å². The molecule has 3 heteroatoms. The first-order valence-electron chi connectivity index (χ1n) is 3.31. The Balaban J connectivity index is 3.06. The number of halogens is 2. The zero-order chi connectivity index (χ0) is 8.48. The molecule has 0 saturated heterocycles. The molecule has 0 amide bonds. The topological polar surface area (TPSA) is 12.9 Å². The van der Waals surface area contributed by atoms with E-state index in [0.29, 0.717) is 5.69 Å². The first-order chi connectivity index (χ1) is 5.00. The van der Waals surface area contributed by atoms with Gasteiger partial charge in [-0.25, -0.2) is 4.39 Å². The molecule has 0 fully saturated rings. The van der Waals surface area contributed by atoms with Crippen molar-refractivity contribution in [2.24, 2.45) is 0 Å². The summed E-state index contributed by atoms with van der Waals surface area (Å²) in [5.74, 6) is 0. The predicted octanol–water partition coefficient (Wildman–Crippen LogP) is 3.05. The Morgan fingerprint density at radius 2 is 2.18 bits per heavy atom. The Bertz CT molecular complexity index is 255. The van der Waals surface area contributed by atoms with Crippen LogP contribution in [-0.4, -0.2) is 4.98 Å². The first kappa shape index (κ1) is 8.65. The second-order valence-electron chi connectivity index (χ2n) is 2.83. The fourth-order valence-electron chi connectivity index (χ4n) is 0.730. The molecule has 0 unspecified atom stereocenters. The van der Waals surface area contributed by atoms with Crippen LogP contribution in [0.3, 0.4) is 0 Å². The van der Waals surface area contributed by atoms with Crippen LogP contribution in [0.4, 0.5) is 4.39 Å². The highest BCUT2D eigenvalue weighted by Crippen LogP contribution is 2.24. The number of hydrogen-bond acceptors (Lipinski definition) is 1. The van der Waals surface area contributed by atoms with E-state index in [4.69, 9.17) is 0 Å². The third kappa shape index (κ3) is 2.26. The van der Waals surface area contributed by atoms with Crippen LogP contribution < -0.4 is 0 Å². The van der Waals surface area contributed by atoms with Crippen LogP contribution in [0, 0.1) is 0 Å². The summed E-state index contributed by atoms with van der Waals surface area (Å²) in [6.45, 7) is 2.98. The van der Waals surface area contributed by atoms with Gasteiger partial charge in [0, 0.05) is 10.7 Å². The van der Waals surface area contributed by atoms with E-state index in [1.165, 1.54) is 13.8 Å². The lowest BCUT2D eigenvalue weighted by molar-refractivity contribution is 0.214. The summed E-state index contributed by atoms with van der Waals surface area (Å²) < 4.78 is 14.1. The minimum Gasteiger partial charge on any atom is -0.258 e. The van der Waals surface area contributed by atoms with Gasteiger partial charge in [0.25, 0.3) is 0 Å². The van der Waals surface area contributed by atoms with E-state index in [2.05, 4.69) is 20.9 Å². The molecular weight excluding hydrogens is 209 g/mol. The van der Waals surface area contributed by atoms with Crippen LogP contribution >= 0.6 is 15.9 Å². The molecule has 60 valence electrons. The highest BCUT2D eigenvalue weighted by Gasteiger charge is 2.19. The Hall–Kier alpha value is -0.440. The molecule has 0 bridgehead atoms. The number of hydrogen-bond donors (Lipinski definition) is 0. The summed E-state index contributed by atoms with van der Waals surface area (Å²) in [6.07, 6.45) is 1.58. The maximum absolute atomic E-state index is 13.2. The second kappa shape index (κ2) is 2.89. The van der Waals surface area contributed by atoms with Gasteiger partial charge in [-0.3, -0.25) is 4.98 Å². The summed E-state index contributed by atoms with van der Waals surface area (Å²) >= 11 is 3.25. The van der Waals surface area contributed by atoms with Crippen LogP contribution in [0.25, 0.3) is 0 Å². The minimum absolute atomic E-state index is 0.451. The van der Waals surface area contributed by atoms with Gasteiger partial charge in [0.2, 0.25) is 0 Å². The Morgan fingerprint density at radius 3 is 2.55 bits per heavy atom. The Labute approximate surface area is 73.8 Å². The molecule has 1 heterocycles. The molecular formula is C8H9BrFN. The van der Waals surface area contributed by atoms with Crippen LogP contribution in [0.1, 0.15) is 19.5 Å². The molecule has 11 heavy (non-hydrogen) atoms. The van der Waals surface area contributed by atoms with Crippen molar-refractivity contribution in [2.45, 2.75) is 19.5 Å². The van der Waals surface area contributed by atoms with Gasteiger partial charge < -0.3 is 0 Å². The maximum atomic E-state index is 13.2. The zero-order valence-electron chi connectivity index (χ0n) is 6.44. The molecule has 0 aliphatic rings. The van der Waals surface area contributed by atoms with Gasteiger partial charge in [-0.2, -0.15) is 0 Å². The highest BCUT2D eigenvalue weighted by molar-refractivity contribution is 9.10. The van der Waals surface area contributed by atoms with Gasteiger partial charge in [0.15, 0.2) is 0 Å². The summed E-state index contributed by atoms with van der Waals surface area (Å²) in [5.41, 5.74) is -0.907. The zero-order valence-corrected chi connectivity index (χ0v) is 8.02. The Kier molecular flexibility index (Phi) is 2.28. The van der Waals surface area contributed by atoms with Crippen molar-refractivity contribution in [1.82, 2.24) is 4.98 Å². The maximum Gasteiger partial charge on any atom is 0.147 e. The van der Waals surface area contributed by atoms with Crippen molar-refractivity contribution in [3.05, 3.63) is 28.5 Å². The molecule has 0 radical (unpaired) electrons. The fraction of sp³-hybridized carbons (Fsp3) is 0.375. The lowest BCUT2D eigenvalue weighted by Crippen LogP contribution is -2.10. The van der Waals surface area contributed by atoms with Crippen LogP contribution in [0.2, 0.25) is 0 Å². The highest BCUT2D eigenvalue weighted by atomic mass is 79.9. The van der Waals surface area contributed by atoms with Gasteiger partial charge >= 0.3 is 0 Å². The van der Waals surface area contributed by atoms with Gasteiger partial charge in [-0.15, -0.1) is 0 Å². The number of nitrogens with zero attached hydrogens (tertiary/aromatic N) is 1. The van der Waals surface area contributed by atoms with Gasteiger partial charge in [-0.1, -0.05) is 15.9 Å². The van der Waals surface area contributed by atoms with E-state index in [-0.39, 0.29) is 0 Å². The monoisotopic (exact) mass is 217 g/mol. The number of aromatic nitrogens is 1. The quantitative estimate of drug-likeness (QED) is 0.705. The van der Waals surface area contributed by atoms with Gasteiger partial charge in [0.1, 0.15) is 5.67 Å². The molecule has 0 saturated carbocycles. The third-order valence-electron chi connectivity index (χ3n) is 1.33. The van der Waals surface area contributed by atoms with Crippen molar-refractivity contribution in [3.8, 4) is 0 Å². The van der Waals surface area contributed by atoms with Crippen molar-refractivity contribution in [3.63, 3.8) is 0 Å². The normalized spacial score (nSPS) is 11.6. The molecule has 1 aromatic heterocycles. The fourth-order valence-corrected chi connectivity index (χ4v) is 1.06. The van der Waals surface area contributed by atoms with E-state index in [0.717, 1.165) is 4.47 Å². The number of alkyl halides is 1. The number of rotatable bonds is 1. The van der Waals surface area contributed by atoms with Crippen molar-refractivity contribution in [1.29, 1.82) is 0 Å². The van der Waals surface area contributed by atoms with Crippen molar-refractivity contribution in [2.75, 3.05) is 0 Å². The average Bonchev–Trinajstić information content (AvgIpc) is 1.86. The molecule has 0 aliphatic heterocycles. The average molecular weight is 218 g/mol. The van der Waals surface area contributed by atoms with Crippen molar-refractivity contribution < 1.29 is 4.39 Å². The van der Waals surface area contributed by atoms with E-state index < -0.39 is 5.67 Å². The van der Waals surface area contributed by atoms with Gasteiger partial charge in [-0.05, 0) is 26.0 Å². The first-order valence-corrected chi connectivity index (χ1v) is 4.10. The molecule has 1 nitrogen and oxygen atoms in total. The lowest BCUT2D eigenvalue weighted by atomic mass is 10.1. The summed E-state index contributed by atoms with van der Waals surface area (Å²) in [6, 6.07) is 3.45. The SMILES string of the molecule is CC(C)(F)c1cc(Br)ccn1. The number of pyridine rings is 1. The van der Waals surface area contributed by atoms with Gasteiger partial charge in [0.05, 0.1) is 5.69 Å². The van der Waals surface area contributed by atoms with Crippen LogP contribution in [0.5, 0.6) is 0 Å². The van der Waals surface area contributed by atoms with E-state index in [1.54, 1.807) is 18.3 Å². The lowest BCUT2D eigenvalue weighted by Gasteiger charge is -2.12. The smallest absolute Gasteiger partial charge is 0.147 e. The summed E-state index contributed by atoms with van der Waals surface area (Å²) in [7, 11) is 0.